The second-order valence-electron chi connectivity index (χ2n) is 4.01. The van der Waals surface area contributed by atoms with Crippen LogP contribution in [-0.4, -0.2) is 41.8 Å². The van der Waals surface area contributed by atoms with Crippen molar-refractivity contribution in [2.24, 2.45) is 0 Å². The molecule has 0 spiro atoms. The molecule has 86 valence electrons. The Morgan fingerprint density at radius 3 is 2.87 bits per heavy atom. The molecule has 0 radical (unpaired) electrons. The first-order chi connectivity index (χ1) is 7.27. The van der Waals surface area contributed by atoms with E-state index in [1.54, 1.807) is 0 Å². The largest absolute Gasteiger partial charge is 0.465 e. The van der Waals surface area contributed by atoms with Crippen molar-refractivity contribution in [2.45, 2.75) is 44.6 Å². The summed E-state index contributed by atoms with van der Waals surface area (Å²) in [6.07, 6.45) is 3.32. The van der Waals surface area contributed by atoms with Crippen LogP contribution in [0, 0.1) is 0 Å². The van der Waals surface area contributed by atoms with Crippen LogP contribution in [-0.2, 0) is 9.47 Å². The molecule has 0 aliphatic carbocycles. The summed E-state index contributed by atoms with van der Waals surface area (Å²) in [5.74, 6) is 0. The second kappa shape index (κ2) is 4.81. The van der Waals surface area contributed by atoms with Crippen molar-refractivity contribution in [2.75, 3.05) is 13.2 Å². The van der Waals surface area contributed by atoms with Gasteiger partial charge in [0.2, 0.25) is 0 Å². The third-order valence-electron chi connectivity index (χ3n) is 2.89. The van der Waals surface area contributed by atoms with E-state index in [-0.39, 0.29) is 12.5 Å². The minimum atomic E-state index is -0.895. The van der Waals surface area contributed by atoms with Gasteiger partial charge in [-0.15, -0.1) is 0 Å². The minimum absolute atomic E-state index is 0.205. The van der Waals surface area contributed by atoms with E-state index in [0.29, 0.717) is 6.54 Å². The molecule has 0 bridgehead atoms. The van der Waals surface area contributed by atoms with E-state index in [1.165, 1.54) is 4.90 Å². The molecule has 1 amide bonds. The van der Waals surface area contributed by atoms with Gasteiger partial charge in [0.15, 0.2) is 6.29 Å². The maximum Gasteiger partial charge on any atom is 0.409 e. The summed E-state index contributed by atoms with van der Waals surface area (Å²) in [5.41, 5.74) is 0. The molecule has 0 saturated carbocycles. The van der Waals surface area contributed by atoms with E-state index < -0.39 is 6.09 Å². The molecule has 2 unspecified atom stereocenters. The summed E-state index contributed by atoms with van der Waals surface area (Å²) >= 11 is 0. The lowest BCUT2D eigenvalue weighted by atomic mass is 10.2. The molecule has 2 aliphatic heterocycles. The monoisotopic (exact) mass is 215 g/mol. The van der Waals surface area contributed by atoms with E-state index in [4.69, 9.17) is 14.6 Å². The molecule has 0 aromatic heterocycles. The highest BCUT2D eigenvalue weighted by Crippen LogP contribution is 2.23. The summed E-state index contributed by atoms with van der Waals surface area (Å²) < 4.78 is 11.1. The third kappa shape index (κ3) is 2.60. The number of ether oxygens (including phenoxy) is 2. The van der Waals surface area contributed by atoms with Crippen LogP contribution < -0.4 is 0 Å². The molecule has 0 aromatic carbocycles. The summed E-state index contributed by atoms with van der Waals surface area (Å²) in [6, 6.07) is 0. The Balaban J connectivity index is 1.84. The van der Waals surface area contributed by atoms with Gasteiger partial charge in [-0.05, 0) is 32.1 Å². The van der Waals surface area contributed by atoms with Crippen molar-refractivity contribution in [1.29, 1.82) is 0 Å². The lowest BCUT2D eigenvalue weighted by Gasteiger charge is -2.29. The SMILES string of the molecule is O=C(O)N1CCCC1OC1CCCCO1. The fraction of sp³-hybridized carbons (Fsp3) is 0.900. The van der Waals surface area contributed by atoms with Crippen molar-refractivity contribution in [3.8, 4) is 0 Å². The Kier molecular flexibility index (Phi) is 3.43. The van der Waals surface area contributed by atoms with Gasteiger partial charge in [0.1, 0.15) is 6.23 Å². The molecular formula is C10H17NO4. The maximum absolute atomic E-state index is 10.9. The summed E-state index contributed by atoms with van der Waals surface area (Å²) in [7, 11) is 0. The highest BCUT2D eigenvalue weighted by molar-refractivity contribution is 5.65. The van der Waals surface area contributed by atoms with Gasteiger partial charge in [-0.3, -0.25) is 4.90 Å². The average molecular weight is 215 g/mol. The van der Waals surface area contributed by atoms with Crippen LogP contribution in [0.5, 0.6) is 0 Å². The van der Waals surface area contributed by atoms with Crippen molar-refractivity contribution in [3.05, 3.63) is 0 Å². The lowest BCUT2D eigenvalue weighted by Crippen LogP contribution is -2.39. The number of likely N-dealkylation sites (tertiary alicyclic amines) is 1. The van der Waals surface area contributed by atoms with E-state index in [2.05, 4.69) is 0 Å². The predicted molar refractivity (Wildman–Crippen MR) is 52.4 cm³/mol. The van der Waals surface area contributed by atoms with E-state index in [0.717, 1.165) is 38.7 Å². The normalized spacial score (nSPS) is 31.9. The average Bonchev–Trinajstić information content (AvgIpc) is 2.67. The molecule has 0 aromatic rings. The number of carbonyl (C=O) groups is 1. The molecule has 1 N–H and O–H groups in total. The number of amides is 1. The van der Waals surface area contributed by atoms with Crippen LogP contribution in [0.4, 0.5) is 4.79 Å². The van der Waals surface area contributed by atoms with Gasteiger partial charge in [-0.2, -0.15) is 0 Å². The Hall–Kier alpha value is -0.810. The second-order valence-corrected chi connectivity index (χ2v) is 4.01. The van der Waals surface area contributed by atoms with Crippen LogP contribution in [0.25, 0.3) is 0 Å². The molecule has 2 atom stereocenters. The Labute approximate surface area is 89.0 Å². The third-order valence-corrected chi connectivity index (χ3v) is 2.89. The standard InChI is InChI=1S/C10H17NO4/c12-10(13)11-6-3-4-8(11)15-9-5-1-2-7-14-9/h8-9H,1-7H2,(H,12,13). The quantitative estimate of drug-likeness (QED) is 0.760. The molecule has 2 saturated heterocycles. The smallest absolute Gasteiger partial charge is 0.409 e. The molecule has 2 rings (SSSR count). The van der Waals surface area contributed by atoms with Gasteiger partial charge in [0, 0.05) is 13.2 Å². The zero-order valence-electron chi connectivity index (χ0n) is 8.72. The number of carboxylic acid groups (broad SMARTS) is 1. The van der Waals surface area contributed by atoms with Gasteiger partial charge in [-0.25, -0.2) is 4.79 Å². The number of nitrogens with zero attached hydrogens (tertiary/aromatic N) is 1. The van der Waals surface area contributed by atoms with E-state index >= 15 is 0 Å². The zero-order chi connectivity index (χ0) is 10.7. The first-order valence-corrected chi connectivity index (χ1v) is 5.54. The fourth-order valence-electron chi connectivity index (χ4n) is 2.09. The Morgan fingerprint density at radius 2 is 2.20 bits per heavy atom. The van der Waals surface area contributed by atoms with Crippen molar-refractivity contribution in [1.82, 2.24) is 4.90 Å². The van der Waals surface area contributed by atoms with Crippen molar-refractivity contribution >= 4 is 6.09 Å². The lowest BCUT2D eigenvalue weighted by molar-refractivity contribution is -0.207. The molecule has 15 heavy (non-hydrogen) atoms. The molecular weight excluding hydrogens is 198 g/mol. The zero-order valence-corrected chi connectivity index (χ0v) is 8.72. The van der Waals surface area contributed by atoms with Gasteiger partial charge in [0.05, 0.1) is 0 Å². The summed E-state index contributed by atoms with van der Waals surface area (Å²) in [6.45, 7) is 1.30. The highest BCUT2D eigenvalue weighted by Gasteiger charge is 2.31. The number of hydrogen-bond acceptors (Lipinski definition) is 3. The van der Waals surface area contributed by atoms with Crippen LogP contribution in [0.2, 0.25) is 0 Å². The Morgan fingerprint density at radius 1 is 1.33 bits per heavy atom. The van der Waals surface area contributed by atoms with Crippen LogP contribution >= 0.6 is 0 Å². The fourth-order valence-corrected chi connectivity index (χ4v) is 2.09. The summed E-state index contributed by atoms with van der Waals surface area (Å²) in [4.78, 5) is 12.2. The highest BCUT2D eigenvalue weighted by atomic mass is 16.7. The molecule has 2 heterocycles. The first kappa shape index (κ1) is 10.7. The predicted octanol–water partition coefficient (Wildman–Crippen LogP) is 1.63. The topological polar surface area (TPSA) is 59.0 Å². The summed E-state index contributed by atoms with van der Waals surface area (Å²) in [5, 5.41) is 8.92. The van der Waals surface area contributed by atoms with E-state index in [9.17, 15) is 4.79 Å². The molecule has 5 heteroatoms. The van der Waals surface area contributed by atoms with Gasteiger partial charge in [0.25, 0.3) is 0 Å². The van der Waals surface area contributed by atoms with E-state index in [1.807, 2.05) is 0 Å². The van der Waals surface area contributed by atoms with Crippen LogP contribution in [0.15, 0.2) is 0 Å². The number of hydrogen-bond donors (Lipinski definition) is 1. The van der Waals surface area contributed by atoms with Gasteiger partial charge in [-0.1, -0.05) is 0 Å². The van der Waals surface area contributed by atoms with Gasteiger partial charge < -0.3 is 14.6 Å². The molecule has 2 aliphatic rings. The molecule has 2 fully saturated rings. The van der Waals surface area contributed by atoms with Crippen LogP contribution in [0.1, 0.15) is 32.1 Å². The first-order valence-electron chi connectivity index (χ1n) is 5.54. The Bertz CT molecular complexity index is 227. The molecule has 5 nitrogen and oxygen atoms in total. The van der Waals surface area contributed by atoms with Crippen molar-refractivity contribution < 1.29 is 19.4 Å². The van der Waals surface area contributed by atoms with Crippen LogP contribution in [0.3, 0.4) is 0 Å². The van der Waals surface area contributed by atoms with Gasteiger partial charge >= 0.3 is 6.09 Å². The minimum Gasteiger partial charge on any atom is -0.465 e. The van der Waals surface area contributed by atoms with Crippen molar-refractivity contribution in [3.63, 3.8) is 0 Å². The number of rotatable bonds is 2. The maximum atomic E-state index is 10.9.